The summed E-state index contributed by atoms with van der Waals surface area (Å²) >= 11 is 0. The molecule has 16 nitrogen and oxygen atoms in total. The first-order valence-electron chi connectivity index (χ1n) is 28.8. The fourth-order valence-electron chi connectivity index (χ4n) is 11.8. The number of rotatable bonds is 13. The molecule has 19 heteroatoms. The predicted molar refractivity (Wildman–Crippen MR) is 320 cm³/mol. The van der Waals surface area contributed by atoms with Crippen molar-refractivity contribution < 1.29 is 32.6 Å². The number of nitrogens with one attached hydrogen (secondary N) is 3. The van der Waals surface area contributed by atoms with Gasteiger partial charge in [0.25, 0.3) is 11.8 Å². The number of carbonyl (C=O) groups is 3. The highest BCUT2D eigenvalue weighted by atomic mass is 28.3. The van der Waals surface area contributed by atoms with Crippen LogP contribution in [-0.4, -0.2) is 121 Å². The van der Waals surface area contributed by atoms with Crippen LogP contribution in [0.1, 0.15) is 106 Å². The maximum atomic E-state index is 15.6. The van der Waals surface area contributed by atoms with E-state index in [0.717, 1.165) is 99.0 Å². The average molecular weight is 1130 g/mol. The highest BCUT2D eigenvalue weighted by Crippen LogP contribution is 2.44. The molecule has 0 atom stereocenters. The van der Waals surface area contributed by atoms with Crippen molar-refractivity contribution in [1.29, 1.82) is 0 Å². The van der Waals surface area contributed by atoms with Gasteiger partial charge in [-0.2, -0.15) is 0 Å². The topological polar surface area (TPSA) is 171 Å². The van der Waals surface area contributed by atoms with Gasteiger partial charge in [-0.25, -0.2) is 23.6 Å². The van der Waals surface area contributed by atoms with Crippen molar-refractivity contribution in [2.45, 2.75) is 130 Å². The number of para-hydroxylation sites is 2. The molecule has 8 heterocycles. The van der Waals surface area contributed by atoms with Crippen molar-refractivity contribution in [1.82, 2.24) is 29.7 Å². The number of piperidine rings is 4. The fraction of sp³-hybridized carbons (Fsp3) is 0.500. The first-order valence-corrected chi connectivity index (χ1v) is 32.5. The van der Waals surface area contributed by atoms with E-state index in [2.05, 4.69) is 55.5 Å². The van der Waals surface area contributed by atoms with Crippen molar-refractivity contribution in [3.05, 3.63) is 120 Å². The number of aliphatic imine (C=N–C) groups is 1. The van der Waals surface area contributed by atoms with Crippen LogP contribution in [0.5, 0.6) is 0 Å². The molecule has 3 amide bonds. The molecule has 81 heavy (non-hydrogen) atoms. The molecule has 4 fully saturated rings. The Morgan fingerprint density at radius 1 is 0.753 bits per heavy atom. The molecule has 4 saturated heterocycles. The third kappa shape index (κ3) is 15.0. The van der Waals surface area contributed by atoms with Gasteiger partial charge in [0.05, 0.1) is 34.1 Å². The zero-order valence-corrected chi connectivity index (χ0v) is 49.6. The van der Waals surface area contributed by atoms with Crippen molar-refractivity contribution in [2.24, 2.45) is 15.8 Å². The van der Waals surface area contributed by atoms with Crippen LogP contribution in [-0.2, 0) is 21.0 Å². The number of carbonyl (C=O) groups excluding carboxylic acids is 3. The Bertz CT molecular complexity index is 3130. The van der Waals surface area contributed by atoms with Gasteiger partial charge in [-0.1, -0.05) is 37.8 Å². The molecule has 2 aromatic carbocycles. The van der Waals surface area contributed by atoms with Gasteiger partial charge in [-0.15, -0.1) is 0 Å². The number of pyridine rings is 2. The third-order valence-corrected chi connectivity index (χ3v) is 17.9. The molecule has 3 aromatic heterocycles. The molecule has 0 saturated carbocycles. The minimum absolute atomic E-state index is 0.0394. The summed E-state index contributed by atoms with van der Waals surface area (Å²) in [6.07, 6.45) is 15.5. The first kappa shape index (κ1) is 58.8. The van der Waals surface area contributed by atoms with E-state index in [1.807, 2.05) is 81.0 Å². The maximum Gasteiger partial charge on any atom is 0.410 e. The summed E-state index contributed by atoms with van der Waals surface area (Å²) in [7, 11) is -1.29. The van der Waals surface area contributed by atoms with Gasteiger partial charge in [0, 0.05) is 108 Å². The van der Waals surface area contributed by atoms with Crippen LogP contribution in [0.4, 0.5) is 36.3 Å². The molecule has 0 unspecified atom stereocenters. The Hall–Kier alpha value is -6.83. The van der Waals surface area contributed by atoms with Gasteiger partial charge in [-0.05, 0) is 158 Å². The second kappa shape index (κ2) is 25.1. The van der Waals surface area contributed by atoms with Gasteiger partial charge >= 0.3 is 6.09 Å². The molecule has 0 bridgehead atoms. The van der Waals surface area contributed by atoms with Crippen molar-refractivity contribution >= 4 is 60.1 Å². The van der Waals surface area contributed by atoms with Crippen LogP contribution < -0.4 is 25.8 Å². The van der Waals surface area contributed by atoms with Gasteiger partial charge in [0.2, 0.25) is 5.82 Å². The second-order valence-corrected chi connectivity index (χ2v) is 30.6. The molecule has 0 radical (unpaired) electrons. The molecule has 5 aliphatic heterocycles. The van der Waals surface area contributed by atoms with E-state index >= 15 is 4.39 Å². The first-order chi connectivity index (χ1) is 38.6. The van der Waals surface area contributed by atoms with Crippen LogP contribution in [0.2, 0.25) is 25.7 Å². The highest BCUT2D eigenvalue weighted by Gasteiger charge is 2.42. The number of hydrogen-bond donors (Lipinski definition) is 3. The number of allylic oxidation sites excluding steroid dienone is 1. The summed E-state index contributed by atoms with van der Waals surface area (Å²) in [6.45, 7) is 23.4. The number of likely N-dealkylation sites (tertiary alicyclic amines) is 1. The van der Waals surface area contributed by atoms with Crippen LogP contribution in [0, 0.1) is 36.3 Å². The summed E-state index contributed by atoms with van der Waals surface area (Å²) < 4.78 is 43.9. The number of anilines is 4. The summed E-state index contributed by atoms with van der Waals surface area (Å²) in [5.74, 6) is -1.24. The Morgan fingerprint density at radius 2 is 1.35 bits per heavy atom. The predicted octanol–water partition coefficient (Wildman–Crippen LogP) is 11.9. The number of aromatic nitrogens is 4. The SMILES string of the molecule is Cc1cc(-c2cn(COCC[Si](C)(C)C)c(C(=O)Nc3cccc(F)c3N3CCC4(CCCN(C(=O)OC(C)(C)C)C4)CC3)n2)ccn1.Cc1cc(C2=CCC(C(=O)Nc3cccc(F)c3N3CCC4(CCCNC4)CC3)=N2)ccn1. The molecular formula is C62H81F2N11O5Si. The largest absolute Gasteiger partial charge is 0.444 e. The quantitative estimate of drug-likeness (QED) is 0.0757. The van der Waals surface area contributed by atoms with E-state index in [9.17, 15) is 18.8 Å². The normalized spacial score (nSPS) is 18.0. The number of hydrogen-bond acceptors (Lipinski definition) is 12. The lowest BCUT2D eigenvalue weighted by Gasteiger charge is -2.48. The zero-order chi connectivity index (χ0) is 57.5. The van der Waals surface area contributed by atoms with E-state index in [-0.39, 0.29) is 35.8 Å². The third-order valence-electron chi connectivity index (χ3n) is 16.2. The summed E-state index contributed by atoms with van der Waals surface area (Å²) in [6, 6.07) is 18.3. The van der Waals surface area contributed by atoms with Gasteiger partial charge in [0.15, 0.2) is 0 Å². The molecular weight excluding hydrogens is 1040 g/mol. The van der Waals surface area contributed by atoms with Gasteiger partial charge in [-0.3, -0.25) is 19.6 Å². The van der Waals surface area contributed by atoms with E-state index in [0.29, 0.717) is 78.8 Å². The molecule has 5 aromatic rings. The number of benzene rings is 2. The zero-order valence-electron chi connectivity index (χ0n) is 48.6. The van der Waals surface area contributed by atoms with Crippen molar-refractivity contribution in [3.8, 4) is 11.3 Å². The van der Waals surface area contributed by atoms with E-state index in [1.54, 1.807) is 41.2 Å². The Labute approximate surface area is 477 Å². The van der Waals surface area contributed by atoms with E-state index in [4.69, 9.17) is 14.5 Å². The van der Waals surface area contributed by atoms with Gasteiger partial charge in [0.1, 0.15) is 29.7 Å². The summed E-state index contributed by atoms with van der Waals surface area (Å²) in [5.41, 5.74) is 6.87. The lowest BCUT2D eigenvalue weighted by atomic mass is 9.72. The Kier molecular flexibility index (Phi) is 18.2. The molecule has 10 rings (SSSR count). The molecule has 432 valence electrons. The molecule has 5 aliphatic rings. The van der Waals surface area contributed by atoms with Crippen molar-refractivity contribution in [2.75, 3.05) is 79.4 Å². The molecule has 3 N–H and O–H groups in total. The van der Waals surface area contributed by atoms with Crippen LogP contribution in [0.15, 0.2) is 90.3 Å². The smallest absolute Gasteiger partial charge is 0.410 e. The minimum Gasteiger partial charge on any atom is -0.444 e. The maximum absolute atomic E-state index is 15.6. The number of aryl methyl sites for hydroxylation is 2. The monoisotopic (exact) mass is 1130 g/mol. The van der Waals surface area contributed by atoms with Crippen LogP contribution >= 0.6 is 0 Å². The average Bonchev–Trinajstić information content (AvgIpc) is 4.18. The van der Waals surface area contributed by atoms with Crippen molar-refractivity contribution in [3.63, 3.8) is 0 Å². The highest BCUT2D eigenvalue weighted by molar-refractivity contribution is 6.76. The van der Waals surface area contributed by atoms with Crippen LogP contribution in [0.25, 0.3) is 17.0 Å². The fourth-order valence-corrected chi connectivity index (χ4v) is 12.5. The molecule has 0 aliphatic carbocycles. The number of halogens is 2. The van der Waals surface area contributed by atoms with E-state index in [1.165, 1.54) is 25.0 Å². The number of ether oxygens (including phenoxy) is 2. The standard InChI is InChI=1S/C36H51FN6O4Si.C26H30FN5O/c1-26-22-27(12-16-38-26)30-23-43(25-46-20-21-48(5,6)7)32(39-30)33(44)40-29-11-8-10-28(37)31(29)41-18-14-36(15-19-41)13-9-17-42(24-36)34(45)47-35(2,3)4;1-18-16-19(8-13-29-18)21-6-7-23(30-21)25(33)31-22-5-2-4-20(27)24(22)32-14-10-26(11-15-32)9-3-12-28-17-26/h8,10-12,16,22-23H,9,13-15,17-21,24-25H2,1-7H3,(H,40,44);2,4-6,8,13,16,28H,3,7,9-12,14-15,17H2,1H3,(H,31,33). The van der Waals surface area contributed by atoms with Gasteiger partial charge < -0.3 is 44.7 Å². The summed E-state index contributed by atoms with van der Waals surface area (Å²) in [5, 5.41) is 9.44. The molecule has 2 spiro atoms. The number of amides is 3. The Morgan fingerprint density at radius 3 is 1.94 bits per heavy atom. The second-order valence-electron chi connectivity index (χ2n) is 24.9. The van der Waals surface area contributed by atoms with Crippen LogP contribution in [0.3, 0.4) is 0 Å². The minimum atomic E-state index is -1.29. The summed E-state index contributed by atoms with van der Waals surface area (Å²) in [4.78, 5) is 63.4. The number of imidazole rings is 1. The van der Waals surface area contributed by atoms with E-state index < -0.39 is 25.4 Å². The Balaban J connectivity index is 0.000000209. The lowest BCUT2D eigenvalue weighted by molar-refractivity contribution is -0.110. The lowest BCUT2D eigenvalue weighted by Crippen LogP contribution is -2.52. The number of nitrogens with zero attached hydrogens (tertiary/aromatic N) is 8.